The van der Waals surface area contributed by atoms with Crippen LogP contribution in [0.2, 0.25) is 5.02 Å². The molecule has 3 rings (SSSR count). The number of hydrogen-bond donors (Lipinski definition) is 0. The fourth-order valence-electron chi connectivity index (χ4n) is 2.24. The van der Waals surface area contributed by atoms with E-state index in [0.717, 1.165) is 25.7 Å². The van der Waals surface area contributed by atoms with Gasteiger partial charge in [0.2, 0.25) is 10.0 Å². The molecule has 20 heavy (non-hydrogen) atoms. The molecule has 6 heteroatoms. The van der Waals surface area contributed by atoms with E-state index in [0.29, 0.717) is 18.0 Å². The summed E-state index contributed by atoms with van der Waals surface area (Å²) in [7, 11) is -3.50. The Morgan fingerprint density at radius 1 is 1.30 bits per heavy atom. The van der Waals surface area contributed by atoms with Crippen molar-refractivity contribution in [1.82, 2.24) is 4.31 Å². The molecule has 0 atom stereocenters. The van der Waals surface area contributed by atoms with Gasteiger partial charge in [-0.2, -0.15) is 9.57 Å². The molecule has 0 aromatic heterocycles. The van der Waals surface area contributed by atoms with Crippen LogP contribution in [0.15, 0.2) is 23.1 Å². The number of halogens is 1. The van der Waals surface area contributed by atoms with Gasteiger partial charge >= 0.3 is 0 Å². The van der Waals surface area contributed by atoms with Crippen molar-refractivity contribution in [2.24, 2.45) is 5.92 Å². The molecule has 0 radical (unpaired) electrons. The number of rotatable bonds is 5. The van der Waals surface area contributed by atoms with Crippen molar-refractivity contribution in [3.05, 3.63) is 28.8 Å². The Bertz CT molecular complexity index is 673. The Kier molecular flexibility index (Phi) is 3.49. The van der Waals surface area contributed by atoms with E-state index in [1.165, 1.54) is 18.2 Å². The summed E-state index contributed by atoms with van der Waals surface area (Å²) in [5.41, 5.74) is 0.297. The lowest BCUT2D eigenvalue weighted by molar-refractivity contribution is 0.389. The molecule has 0 aliphatic heterocycles. The van der Waals surface area contributed by atoms with Crippen LogP contribution in [0.4, 0.5) is 0 Å². The van der Waals surface area contributed by atoms with E-state index >= 15 is 0 Å². The van der Waals surface area contributed by atoms with Gasteiger partial charge in [0.1, 0.15) is 6.07 Å². The Balaban J connectivity index is 1.93. The van der Waals surface area contributed by atoms with Crippen molar-refractivity contribution in [2.45, 2.75) is 36.6 Å². The van der Waals surface area contributed by atoms with E-state index in [9.17, 15) is 8.42 Å². The van der Waals surface area contributed by atoms with Crippen molar-refractivity contribution >= 4 is 21.6 Å². The maximum atomic E-state index is 12.7. The number of nitrogens with zero attached hydrogens (tertiary/aromatic N) is 2. The Hall–Kier alpha value is -1.09. The normalized spacial score (nSPS) is 19.1. The number of hydrogen-bond acceptors (Lipinski definition) is 3. The standard InChI is InChI=1S/C14H15ClN2O2S/c15-14-7-13(6-3-11(14)8-16)20(18,19)17(12-4-5-12)9-10-1-2-10/h3,6-7,10,12H,1-2,4-5,9H2. The molecule has 2 aliphatic rings. The second-order valence-corrected chi connectivity index (χ2v) is 7.80. The van der Waals surface area contributed by atoms with Crippen molar-refractivity contribution in [2.75, 3.05) is 6.54 Å². The molecule has 2 saturated carbocycles. The maximum Gasteiger partial charge on any atom is 0.243 e. The molecule has 2 aliphatic carbocycles. The molecular formula is C14H15ClN2O2S. The SMILES string of the molecule is N#Cc1ccc(S(=O)(=O)N(CC2CC2)C2CC2)cc1Cl. The maximum absolute atomic E-state index is 12.7. The lowest BCUT2D eigenvalue weighted by Gasteiger charge is -2.22. The van der Waals surface area contributed by atoms with Gasteiger partial charge in [-0.1, -0.05) is 11.6 Å². The van der Waals surface area contributed by atoms with Crippen LogP contribution in [-0.4, -0.2) is 25.3 Å². The summed E-state index contributed by atoms with van der Waals surface area (Å²) >= 11 is 5.95. The second-order valence-electron chi connectivity index (χ2n) is 5.50. The monoisotopic (exact) mass is 310 g/mol. The predicted molar refractivity (Wildman–Crippen MR) is 75.8 cm³/mol. The van der Waals surface area contributed by atoms with Gasteiger partial charge in [0.05, 0.1) is 15.5 Å². The van der Waals surface area contributed by atoms with Gasteiger partial charge in [-0.15, -0.1) is 0 Å². The summed E-state index contributed by atoms with van der Waals surface area (Å²) in [6.45, 7) is 0.616. The van der Waals surface area contributed by atoms with Crippen molar-refractivity contribution in [3.8, 4) is 6.07 Å². The highest BCUT2D eigenvalue weighted by atomic mass is 35.5. The van der Waals surface area contributed by atoms with Gasteiger partial charge in [-0.05, 0) is 49.8 Å². The van der Waals surface area contributed by atoms with Gasteiger partial charge in [0.25, 0.3) is 0 Å². The molecular weight excluding hydrogens is 296 g/mol. The lowest BCUT2D eigenvalue weighted by atomic mass is 10.2. The molecule has 4 nitrogen and oxygen atoms in total. The fraction of sp³-hybridized carbons (Fsp3) is 0.500. The Morgan fingerprint density at radius 2 is 2.00 bits per heavy atom. The van der Waals surface area contributed by atoms with E-state index in [-0.39, 0.29) is 16.0 Å². The van der Waals surface area contributed by atoms with Crippen LogP contribution in [0.1, 0.15) is 31.2 Å². The molecule has 0 bridgehead atoms. The predicted octanol–water partition coefficient (Wildman–Crippen LogP) is 2.77. The summed E-state index contributed by atoms with van der Waals surface area (Å²) in [4.78, 5) is 0.189. The van der Waals surface area contributed by atoms with Crippen LogP contribution in [-0.2, 0) is 10.0 Å². The molecule has 0 heterocycles. The van der Waals surface area contributed by atoms with Gasteiger partial charge in [-0.25, -0.2) is 8.42 Å². The quantitative estimate of drug-likeness (QED) is 0.840. The summed E-state index contributed by atoms with van der Waals surface area (Å²) < 4.78 is 27.1. The van der Waals surface area contributed by atoms with Crippen LogP contribution in [0.3, 0.4) is 0 Å². The van der Waals surface area contributed by atoms with E-state index in [1.54, 1.807) is 4.31 Å². The number of benzene rings is 1. The topological polar surface area (TPSA) is 61.2 Å². The first-order valence-corrected chi connectivity index (χ1v) is 8.55. The Morgan fingerprint density at radius 3 is 2.50 bits per heavy atom. The number of sulfonamides is 1. The molecule has 0 unspecified atom stereocenters. The summed E-state index contributed by atoms with van der Waals surface area (Å²) in [6.07, 6.45) is 4.12. The molecule has 0 spiro atoms. The van der Waals surface area contributed by atoms with Crippen LogP contribution in [0.5, 0.6) is 0 Å². The second kappa shape index (κ2) is 5.03. The zero-order valence-corrected chi connectivity index (χ0v) is 12.5. The summed E-state index contributed by atoms with van der Waals surface area (Å²) in [6, 6.07) is 6.42. The first kappa shape index (κ1) is 13.9. The highest BCUT2D eigenvalue weighted by molar-refractivity contribution is 7.89. The smallest absolute Gasteiger partial charge is 0.207 e. The molecule has 0 saturated heterocycles. The summed E-state index contributed by atoms with van der Waals surface area (Å²) in [5, 5.41) is 9.04. The molecule has 0 amide bonds. The van der Waals surface area contributed by atoms with Crippen LogP contribution in [0.25, 0.3) is 0 Å². The first-order valence-electron chi connectivity index (χ1n) is 6.74. The van der Waals surface area contributed by atoms with Gasteiger partial charge in [0.15, 0.2) is 0 Å². The highest BCUT2D eigenvalue weighted by Gasteiger charge is 2.41. The molecule has 106 valence electrons. The minimum atomic E-state index is -3.50. The van der Waals surface area contributed by atoms with Gasteiger partial charge in [-0.3, -0.25) is 0 Å². The number of nitriles is 1. The van der Waals surface area contributed by atoms with Crippen LogP contribution < -0.4 is 0 Å². The Labute approximate surface area is 124 Å². The third-order valence-corrected chi connectivity index (χ3v) is 5.98. The van der Waals surface area contributed by atoms with E-state index in [4.69, 9.17) is 16.9 Å². The van der Waals surface area contributed by atoms with Crippen LogP contribution >= 0.6 is 11.6 Å². The lowest BCUT2D eigenvalue weighted by Crippen LogP contribution is -2.34. The largest absolute Gasteiger partial charge is 0.243 e. The molecule has 1 aromatic carbocycles. The highest BCUT2D eigenvalue weighted by Crippen LogP contribution is 2.38. The van der Waals surface area contributed by atoms with Gasteiger partial charge in [0, 0.05) is 12.6 Å². The van der Waals surface area contributed by atoms with Gasteiger partial charge < -0.3 is 0 Å². The third kappa shape index (κ3) is 2.69. The molecule has 2 fully saturated rings. The van der Waals surface area contributed by atoms with Crippen molar-refractivity contribution < 1.29 is 8.42 Å². The van der Waals surface area contributed by atoms with Crippen LogP contribution in [0, 0.1) is 17.2 Å². The zero-order valence-electron chi connectivity index (χ0n) is 10.9. The van der Waals surface area contributed by atoms with Crippen molar-refractivity contribution in [1.29, 1.82) is 5.26 Å². The average Bonchev–Trinajstić information content (AvgIpc) is 3.27. The summed E-state index contributed by atoms with van der Waals surface area (Å²) in [5.74, 6) is 0.513. The molecule has 1 aromatic rings. The fourth-order valence-corrected chi connectivity index (χ4v) is 4.32. The average molecular weight is 311 g/mol. The first-order chi connectivity index (χ1) is 9.52. The van der Waals surface area contributed by atoms with Crippen molar-refractivity contribution in [3.63, 3.8) is 0 Å². The minimum absolute atomic E-state index is 0.148. The van der Waals surface area contributed by atoms with E-state index in [1.807, 2.05) is 6.07 Å². The van der Waals surface area contributed by atoms with E-state index in [2.05, 4.69) is 0 Å². The zero-order chi connectivity index (χ0) is 14.3. The molecule has 0 N–H and O–H groups in total. The minimum Gasteiger partial charge on any atom is -0.207 e. The van der Waals surface area contributed by atoms with E-state index < -0.39 is 10.0 Å². The third-order valence-electron chi connectivity index (χ3n) is 3.76.